The quantitative estimate of drug-likeness (QED) is 0.620. The van der Waals surface area contributed by atoms with Gasteiger partial charge in [0.15, 0.2) is 0 Å². The Hall–Kier alpha value is -2.19. The molecule has 2 rings (SSSR count). The molecule has 0 atom stereocenters. The standard InChI is InChI=1S/C16H23N3O5/c1-16(2,3)24-15(20)17-7-9-18(10-8-17)23-12-13-5-4-6-14(11-13)19(21)22/h4-6,11H,7-10,12H2,1-3H3. The van der Waals surface area contributed by atoms with E-state index >= 15 is 0 Å². The molecule has 0 aliphatic carbocycles. The summed E-state index contributed by atoms with van der Waals surface area (Å²) in [7, 11) is 0. The molecular formula is C16H23N3O5. The molecule has 0 unspecified atom stereocenters. The maximum atomic E-state index is 12.0. The Bertz CT molecular complexity index is 592. The van der Waals surface area contributed by atoms with Crippen LogP contribution in [0.25, 0.3) is 0 Å². The van der Waals surface area contributed by atoms with Gasteiger partial charge in [-0.05, 0) is 26.3 Å². The number of nitrogens with zero attached hydrogens (tertiary/aromatic N) is 3. The van der Waals surface area contributed by atoms with Gasteiger partial charge in [-0.1, -0.05) is 12.1 Å². The van der Waals surface area contributed by atoms with Gasteiger partial charge < -0.3 is 9.64 Å². The maximum Gasteiger partial charge on any atom is 0.410 e. The summed E-state index contributed by atoms with van der Waals surface area (Å²) in [4.78, 5) is 29.6. The summed E-state index contributed by atoms with van der Waals surface area (Å²) in [6, 6.07) is 6.36. The van der Waals surface area contributed by atoms with E-state index in [4.69, 9.17) is 9.57 Å². The highest BCUT2D eigenvalue weighted by molar-refractivity contribution is 5.68. The average Bonchev–Trinajstić information content (AvgIpc) is 2.52. The number of ether oxygens (including phenoxy) is 1. The van der Waals surface area contributed by atoms with Gasteiger partial charge in [-0.3, -0.25) is 15.0 Å². The van der Waals surface area contributed by atoms with E-state index in [0.29, 0.717) is 26.2 Å². The Labute approximate surface area is 141 Å². The predicted octanol–water partition coefficient (Wildman–Crippen LogP) is 2.58. The fourth-order valence-corrected chi connectivity index (χ4v) is 2.25. The van der Waals surface area contributed by atoms with Gasteiger partial charge in [0, 0.05) is 38.3 Å². The molecule has 1 aromatic rings. The number of hydroxylamine groups is 2. The Morgan fingerprint density at radius 2 is 1.92 bits per heavy atom. The van der Waals surface area contributed by atoms with Crippen LogP contribution < -0.4 is 0 Å². The van der Waals surface area contributed by atoms with Crippen LogP contribution in [0.2, 0.25) is 0 Å². The second-order valence-electron chi connectivity index (χ2n) is 6.60. The number of hydrogen-bond donors (Lipinski definition) is 0. The van der Waals surface area contributed by atoms with Gasteiger partial charge in [0.1, 0.15) is 5.60 Å². The van der Waals surface area contributed by atoms with Gasteiger partial charge in [-0.25, -0.2) is 4.79 Å². The normalized spacial score (nSPS) is 16.0. The SMILES string of the molecule is CC(C)(C)OC(=O)N1CCN(OCc2cccc([N+](=O)[O-])c2)CC1. The highest BCUT2D eigenvalue weighted by Crippen LogP contribution is 2.15. The number of nitro benzene ring substituents is 1. The number of non-ortho nitro benzene ring substituents is 1. The number of benzene rings is 1. The smallest absolute Gasteiger partial charge is 0.410 e. The summed E-state index contributed by atoms with van der Waals surface area (Å²) < 4.78 is 5.34. The van der Waals surface area contributed by atoms with Crippen LogP contribution in [0.5, 0.6) is 0 Å². The van der Waals surface area contributed by atoms with Crippen LogP contribution in [-0.2, 0) is 16.2 Å². The fraction of sp³-hybridized carbons (Fsp3) is 0.562. The molecule has 0 saturated carbocycles. The van der Waals surface area contributed by atoms with Gasteiger partial charge >= 0.3 is 6.09 Å². The lowest BCUT2D eigenvalue weighted by Gasteiger charge is -2.34. The van der Waals surface area contributed by atoms with Crippen molar-refractivity contribution in [1.82, 2.24) is 9.96 Å². The van der Waals surface area contributed by atoms with Gasteiger partial charge in [0.2, 0.25) is 0 Å². The molecule has 8 heteroatoms. The summed E-state index contributed by atoms with van der Waals surface area (Å²) in [5, 5.41) is 12.5. The van der Waals surface area contributed by atoms with E-state index in [1.54, 1.807) is 22.1 Å². The lowest BCUT2D eigenvalue weighted by Crippen LogP contribution is -2.49. The number of carbonyl (C=O) groups is 1. The molecule has 1 heterocycles. The molecule has 1 amide bonds. The number of amides is 1. The third-order valence-corrected chi connectivity index (χ3v) is 3.43. The molecule has 1 aliphatic heterocycles. The maximum absolute atomic E-state index is 12.0. The summed E-state index contributed by atoms with van der Waals surface area (Å²) in [6.45, 7) is 7.93. The van der Waals surface area contributed by atoms with Gasteiger partial charge in [-0.15, -0.1) is 0 Å². The van der Waals surface area contributed by atoms with Crippen molar-refractivity contribution in [3.63, 3.8) is 0 Å². The van der Waals surface area contributed by atoms with Crippen molar-refractivity contribution in [2.24, 2.45) is 0 Å². The van der Waals surface area contributed by atoms with E-state index in [9.17, 15) is 14.9 Å². The summed E-state index contributed by atoms with van der Waals surface area (Å²) in [6.07, 6.45) is -0.319. The van der Waals surface area contributed by atoms with Crippen LogP contribution in [-0.4, -0.2) is 52.8 Å². The Kier molecular flexibility index (Phi) is 5.74. The van der Waals surface area contributed by atoms with Gasteiger partial charge in [-0.2, -0.15) is 5.06 Å². The lowest BCUT2D eigenvalue weighted by atomic mass is 10.2. The molecule has 0 aromatic heterocycles. The van der Waals surface area contributed by atoms with Crippen molar-refractivity contribution in [2.75, 3.05) is 26.2 Å². The third kappa shape index (κ3) is 5.47. The number of nitro groups is 1. The van der Waals surface area contributed by atoms with E-state index < -0.39 is 10.5 Å². The highest BCUT2D eigenvalue weighted by Gasteiger charge is 2.26. The summed E-state index contributed by atoms with van der Waals surface area (Å²) >= 11 is 0. The van der Waals surface area contributed by atoms with Crippen molar-refractivity contribution in [3.05, 3.63) is 39.9 Å². The molecule has 0 bridgehead atoms. The molecule has 0 N–H and O–H groups in total. The van der Waals surface area contributed by atoms with E-state index in [1.807, 2.05) is 20.8 Å². The van der Waals surface area contributed by atoms with E-state index in [2.05, 4.69) is 0 Å². The zero-order valence-corrected chi connectivity index (χ0v) is 14.2. The Morgan fingerprint density at radius 1 is 1.25 bits per heavy atom. The second kappa shape index (κ2) is 7.59. The van der Waals surface area contributed by atoms with Crippen molar-refractivity contribution >= 4 is 11.8 Å². The zero-order valence-electron chi connectivity index (χ0n) is 14.2. The van der Waals surface area contributed by atoms with Crippen molar-refractivity contribution in [2.45, 2.75) is 33.0 Å². The first-order chi connectivity index (χ1) is 11.2. The van der Waals surface area contributed by atoms with Crippen LogP contribution in [0.3, 0.4) is 0 Å². The van der Waals surface area contributed by atoms with Gasteiger partial charge in [0.25, 0.3) is 5.69 Å². The largest absolute Gasteiger partial charge is 0.444 e. The first-order valence-corrected chi connectivity index (χ1v) is 7.84. The first-order valence-electron chi connectivity index (χ1n) is 7.84. The van der Waals surface area contributed by atoms with Crippen molar-refractivity contribution in [3.8, 4) is 0 Å². The van der Waals surface area contributed by atoms with Crippen molar-refractivity contribution in [1.29, 1.82) is 0 Å². The van der Waals surface area contributed by atoms with Gasteiger partial charge in [0.05, 0.1) is 11.5 Å². The molecule has 132 valence electrons. The molecular weight excluding hydrogens is 314 g/mol. The minimum absolute atomic E-state index is 0.0471. The number of hydrogen-bond acceptors (Lipinski definition) is 6. The van der Waals surface area contributed by atoms with Crippen LogP contribution in [0.15, 0.2) is 24.3 Å². The van der Waals surface area contributed by atoms with E-state index in [0.717, 1.165) is 5.56 Å². The molecule has 1 aliphatic rings. The fourth-order valence-electron chi connectivity index (χ4n) is 2.25. The minimum Gasteiger partial charge on any atom is -0.444 e. The lowest BCUT2D eigenvalue weighted by molar-refractivity contribution is -0.385. The first kappa shape index (κ1) is 18.2. The molecule has 1 saturated heterocycles. The molecule has 0 spiro atoms. The second-order valence-corrected chi connectivity index (χ2v) is 6.60. The minimum atomic E-state index is -0.507. The summed E-state index contributed by atoms with van der Waals surface area (Å²) in [5.74, 6) is 0. The topological polar surface area (TPSA) is 85.2 Å². The Balaban J connectivity index is 1.78. The molecule has 0 radical (unpaired) electrons. The number of piperazine rings is 1. The highest BCUT2D eigenvalue weighted by atomic mass is 16.7. The summed E-state index contributed by atoms with van der Waals surface area (Å²) in [5.41, 5.74) is 0.275. The van der Waals surface area contributed by atoms with Crippen LogP contribution in [0.1, 0.15) is 26.3 Å². The number of carbonyl (C=O) groups excluding carboxylic acids is 1. The van der Waals surface area contributed by atoms with E-state index in [1.165, 1.54) is 12.1 Å². The molecule has 1 fully saturated rings. The average molecular weight is 337 g/mol. The third-order valence-electron chi connectivity index (χ3n) is 3.43. The van der Waals surface area contributed by atoms with Crippen molar-refractivity contribution < 1.29 is 19.3 Å². The molecule has 8 nitrogen and oxygen atoms in total. The zero-order chi connectivity index (χ0) is 17.7. The Morgan fingerprint density at radius 3 is 2.50 bits per heavy atom. The van der Waals surface area contributed by atoms with E-state index in [-0.39, 0.29) is 18.4 Å². The van der Waals surface area contributed by atoms with Crippen LogP contribution in [0, 0.1) is 10.1 Å². The number of rotatable bonds is 4. The molecule has 24 heavy (non-hydrogen) atoms. The predicted molar refractivity (Wildman–Crippen MR) is 87.3 cm³/mol. The monoisotopic (exact) mass is 337 g/mol. The van der Waals surface area contributed by atoms with Crippen LogP contribution in [0.4, 0.5) is 10.5 Å². The molecule has 1 aromatic carbocycles. The van der Waals surface area contributed by atoms with Crippen LogP contribution >= 0.6 is 0 Å².